The Labute approximate surface area is 239 Å². The number of likely N-dealkylation sites (tertiary alicyclic amines) is 1. The van der Waals surface area contributed by atoms with E-state index >= 15 is 0 Å². The fraction of sp³-hybridized carbons (Fsp3) is 0.438. The second kappa shape index (κ2) is 9.92. The van der Waals surface area contributed by atoms with Gasteiger partial charge in [0.1, 0.15) is 11.5 Å². The first-order valence-corrected chi connectivity index (χ1v) is 13.9. The first-order chi connectivity index (χ1) is 19.6. The molecule has 216 valence electrons. The Morgan fingerprint density at radius 2 is 1.93 bits per heavy atom. The minimum Gasteiger partial charge on any atom is -0.493 e. The van der Waals surface area contributed by atoms with Gasteiger partial charge in [-0.2, -0.15) is 0 Å². The predicted molar refractivity (Wildman–Crippen MR) is 148 cm³/mol. The second-order valence-corrected chi connectivity index (χ2v) is 11.3. The molecule has 0 aromatic heterocycles. The van der Waals surface area contributed by atoms with Gasteiger partial charge in [0.05, 0.1) is 18.1 Å². The van der Waals surface area contributed by atoms with Gasteiger partial charge in [-0.1, -0.05) is 43.0 Å². The summed E-state index contributed by atoms with van der Waals surface area (Å²) in [7, 11) is 3.63. The van der Waals surface area contributed by atoms with Gasteiger partial charge in [-0.25, -0.2) is 4.79 Å². The van der Waals surface area contributed by atoms with Crippen molar-refractivity contribution in [1.29, 1.82) is 0 Å². The number of piperidine rings is 1. The molecule has 1 saturated heterocycles. The van der Waals surface area contributed by atoms with Crippen molar-refractivity contribution in [2.24, 2.45) is 0 Å². The van der Waals surface area contributed by atoms with Crippen LogP contribution < -0.4 is 9.47 Å². The van der Waals surface area contributed by atoms with Gasteiger partial charge in [0.25, 0.3) is 0 Å². The summed E-state index contributed by atoms with van der Waals surface area (Å²) in [6.07, 6.45) is 0.748. The molecule has 2 aromatic rings. The van der Waals surface area contributed by atoms with Gasteiger partial charge in [0, 0.05) is 30.5 Å². The molecule has 0 unspecified atom stereocenters. The van der Waals surface area contributed by atoms with E-state index < -0.39 is 41.3 Å². The summed E-state index contributed by atoms with van der Waals surface area (Å²) < 4.78 is 29.5. The SMILES string of the molecule is C=C(O[C@@H](C)C(=O)OC1=CC[C@@]2(O)[C@H]3Cc4ccc(OC)c5c4[C@@]2(CCN3C)[C@H]1O5)[C@@H](OC(C)=O)c1ccccc1. The molecule has 1 spiro atoms. The quantitative estimate of drug-likeness (QED) is 0.381. The third kappa shape index (κ3) is 4.05. The van der Waals surface area contributed by atoms with Crippen LogP contribution in [-0.2, 0) is 35.6 Å². The van der Waals surface area contributed by atoms with Gasteiger partial charge in [-0.15, -0.1) is 0 Å². The van der Waals surface area contributed by atoms with Gasteiger partial charge in [-0.05, 0) is 51.1 Å². The number of likely N-dealkylation sites (N-methyl/N-ethyl adjacent to an activating group) is 1. The van der Waals surface area contributed by atoms with Crippen molar-refractivity contribution in [2.45, 2.75) is 68.5 Å². The molecule has 6 rings (SSSR count). The Bertz CT molecular complexity index is 1440. The lowest BCUT2D eigenvalue weighted by Crippen LogP contribution is -2.74. The minimum atomic E-state index is -1.10. The van der Waals surface area contributed by atoms with Crippen LogP contribution in [0.15, 0.2) is 66.6 Å². The maximum Gasteiger partial charge on any atom is 0.352 e. The van der Waals surface area contributed by atoms with Gasteiger partial charge >= 0.3 is 11.9 Å². The van der Waals surface area contributed by atoms with E-state index in [9.17, 15) is 14.7 Å². The molecule has 1 N–H and O–H groups in total. The third-order valence-electron chi connectivity index (χ3n) is 9.12. The summed E-state index contributed by atoms with van der Waals surface area (Å²) in [5.74, 6) is 0.476. The first-order valence-electron chi connectivity index (χ1n) is 13.9. The average Bonchev–Trinajstić information content (AvgIpc) is 3.31. The summed E-state index contributed by atoms with van der Waals surface area (Å²) in [6, 6.07) is 12.9. The molecule has 6 atom stereocenters. The normalized spacial score (nSPS) is 28.8. The standard InChI is InChI=1S/C32H35NO8/c1-18(27(39-20(3)34)21-9-7-6-8-10-21)38-19(2)30(35)40-24-13-14-32(36)25-17-22-11-12-23(37-5)28-26(22)31(32,29(24)41-28)15-16-33(25)4/h6-13,19,25,27,29,36H,1,14-17H2,2-5H3/t19-,25+,27+,29-,31-,32+/m0/s1. The Morgan fingerprint density at radius 3 is 2.63 bits per heavy atom. The van der Waals surface area contributed by atoms with Crippen LogP contribution >= 0.6 is 0 Å². The van der Waals surface area contributed by atoms with E-state index in [0.717, 1.165) is 17.7 Å². The molecule has 2 aromatic carbocycles. The van der Waals surface area contributed by atoms with Crippen LogP contribution in [0.2, 0.25) is 0 Å². The summed E-state index contributed by atoms with van der Waals surface area (Å²) in [6.45, 7) is 7.56. The van der Waals surface area contributed by atoms with Gasteiger partial charge in [0.15, 0.2) is 29.8 Å². The van der Waals surface area contributed by atoms with Crippen LogP contribution in [0.5, 0.6) is 11.5 Å². The van der Waals surface area contributed by atoms with Crippen molar-refractivity contribution in [1.82, 2.24) is 4.90 Å². The van der Waals surface area contributed by atoms with E-state index in [-0.39, 0.29) is 11.8 Å². The zero-order chi connectivity index (χ0) is 29.1. The van der Waals surface area contributed by atoms with Crippen molar-refractivity contribution in [3.05, 3.63) is 83.3 Å². The van der Waals surface area contributed by atoms with Crippen molar-refractivity contribution in [3.63, 3.8) is 0 Å². The van der Waals surface area contributed by atoms with Crippen LogP contribution in [0.4, 0.5) is 0 Å². The lowest BCUT2D eigenvalue weighted by Gasteiger charge is -2.61. The topological polar surface area (TPSA) is 104 Å². The summed E-state index contributed by atoms with van der Waals surface area (Å²) in [5, 5.41) is 12.3. The number of carbonyl (C=O) groups is 2. The monoisotopic (exact) mass is 561 g/mol. The molecule has 1 fully saturated rings. The molecule has 41 heavy (non-hydrogen) atoms. The number of benzene rings is 2. The van der Waals surface area contributed by atoms with Crippen molar-refractivity contribution < 1.29 is 38.4 Å². The number of esters is 2. The van der Waals surface area contributed by atoms with Gasteiger partial charge in [0.2, 0.25) is 0 Å². The smallest absolute Gasteiger partial charge is 0.352 e. The Morgan fingerprint density at radius 1 is 1.17 bits per heavy atom. The molecule has 0 saturated carbocycles. The molecule has 0 radical (unpaired) electrons. The fourth-order valence-electron chi connectivity index (χ4n) is 7.24. The zero-order valence-electron chi connectivity index (χ0n) is 23.7. The molecule has 2 aliphatic heterocycles. The van der Waals surface area contributed by atoms with Crippen LogP contribution in [-0.4, -0.2) is 66.5 Å². The lowest BCUT2D eigenvalue weighted by molar-refractivity contribution is -0.172. The van der Waals surface area contributed by atoms with Crippen molar-refractivity contribution in [3.8, 4) is 11.5 Å². The molecule has 9 nitrogen and oxygen atoms in total. The molecule has 2 bridgehead atoms. The number of aliphatic hydroxyl groups is 1. The molecule has 2 heterocycles. The number of ether oxygens (including phenoxy) is 5. The van der Waals surface area contributed by atoms with Crippen LogP contribution in [0.1, 0.15) is 49.5 Å². The first kappa shape index (κ1) is 27.4. The van der Waals surface area contributed by atoms with Gasteiger partial charge < -0.3 is 33.7 Å². The number of hydrogen-bond acceptors (Lipinski definition) is 9. The van der Waals surface area contributed by atoms with Gasteiger partial charge in [-0.3, -0.25) is 4.79 Å². The number of methoxy groups -OCH3 is 1. The largest absolute Gasteiger partial charge is 0.493 e. The lowest BCUT2D eigenvalue weighted by atomic mass is 9.50. The number of carbonyl (C=O) groups excluding carboxylic acids is 2. The van der Waals surface area contributed by atoms with E-state index in [1.54, 1.807) is 32.2 Å². The maximum absolute atomic E-state index is 13.4. The highest BCUT2D eigenvalue weighted by molar-refractivity contribution is 5.76. The van der Waals surface area contributed by atoms with Crippen LogP contribution in [0, 0.1) is 0 Å². The summed E-state index contributed by atoms with van der Waals surface area (Å²) in [5.41, 5.74) is 0.849. The Kier molecular flexibility index (Phi) is 6.62. The van der Waals surface area contributed by atoms with E-state index in [4.69, 9.17) is 23.7 Å². The van der Waals surface area contributed by atoms with Crippen molar-refractivity contribution in [2.75, 3.05) is 20.7 Å². The number of rotatable bonds is 8. The van der Waals surface area contributed by atoms with Crippen molar-refractivity contribution >= 4 is 11.9 Å². The maximum atomic E-state index is 13.4. The highest BCUT2D eigenvalue weighted by Crippen LogP contribution is 2.65. The van der Waals surface area contributed by atoms with E-state index in [1.165, 1.54) is 6.92 Å². The fourth-order valence-corrected chi connectivity index (χ4v) is 7.24. The van der Waals surface area contributed by atoms with E-state index in [0.29, 0.717) is 42.1 Å². The second-order valence-electron chi connectivity index (χ2n) is 11.3. The highest BCUT2D eigenvalue weighted by Gasteiger charge is 2.72. The Hall–Kier alpha value is -3.82. The number of nitrogens with zero attached hydrogens (tertiary/aromatic N) is 1. The molecular formula is C32H35NO8. The molecule has 9 heteroatoms. The number of hydrogen-bond donors (Lipinski definition) is 1. The zero-order valence-corrected chi connectivity index (χ0v) is 23.7. The Balaban J connectivity index is 1.27. The molecule has 4 aliphatic rings. The summed E-state index contributed by atoms with van der Waals surface area (Å²) >= 11 is 0. The molecular weight excluding hydrogens is 526 g/mol. The predicted octanol–water partition coefficient (Wildman–Crippen LogP) is 3.74. The molecule has 2 aliphatic carbocycles. The summed E-state index contributed by atoms with van der Waals surface area (Å²) in [4.78, 5) is 27.4. The van der Waals surface area contributed by atoms with Crippen LogP contribution in [0.25, 0.3) is 0 Å². The average molecular weight is 562 g/mol. The highest BCUT2D eigenvalue weighted by atomic mass is 16.6. The van der Waals surface area contributed by atoms with E-state index in [2.05, 4.69) is 17.5 Å². The molecule has 0 amide bonds. The third-order valence-corrected chi connectivity index (χ3v) is 9.12. The van der Waals surface area contributed by atoms with Crippen LogP contribution in [0.3, 0.4) is 0 Å². The minimum absolute atomic E-state index is 0.103. The van der Waals surface area contributed by atoms with E-state index in [1.807, 2.05) is 31.3 Å².